The van der Waals surface area contributed by atoms with E-state index in [1.165, 1.54) is 6.07 Å². The first-order chi connectivity index (χ1) is 13.2. The average Bonchev–Trinajstić information content (AvgIpc) is 3.02. The highest BCUT2D eigenvalue weighted by atomic mass is 16.6. The highest BCUT2D eigenvalue weighted by Gasteiger charge is 2.39. The summed E-state index contributed by atoms with van der Waals surface area (Å²) >= 11 is 0. The number of aliphatic hydroxyl groups is 1. The quantitative estimate of drug-likeness (QED) is 0.409. The topological polar surface area (TPSA) is 152 Å². The molecular weight excluding hydrogens is 383 g/mol. The van der Waals surface area contributed by atoms with E-state index in [4.69, 9.17) is 9.39 Å². The molecule has 0 unspecified atom stereocenters. The van der Waals surface area contributed by atoms with Crippen molar-refractivity contribution in [3.8, 4) is 11.5 Å². The number of hydrogen-bond donors (Lipinski definition) is 4. The van der Waals surface area contributed by atoms with E-state index in [-0.39, 0.29) is 56.2 Å². The number of carboxylic acids is 1. The minimum absolute atomic E-state index is 0. The van der Waals surface area contributed by atoms with Gasteiger partial charge >= 0.3 is 6.75 Å². The van der Waals surface area contributed by atoms with E-state index in [1.807, 2.05) is 0 Å². The normalized spacial score (nSPS) is 25.3. The summed E-state index contributed by atoms with van der Waals surface area (Å²) in [5.74, 6) is -1.82. The van der Waals surface area contributed by atoms with E-state index in [9.17, 15) is 29.9 Å². The summed E-state index contributed by atoms with van der Waals surface area (Å²) < 4.78 is 10.8. The number of aromatic carboxylic acids is 1. The highest BCUT2D eigenvalue weighted by molar-refractivity contribution is 6.59. The van der Waals surface area contributed by atoms with Crippen molar-refractivity contribution in [3.05, 3.63) is 23.3 Å². The minimum Gasteiger partial charge on any atom is -0.669 e. The van der Waals surface area contributed by atoms with Gasteiger partial charge in [-0.1, -0.05) is 19.8 Å². The second-order valence-corrected chi connectivity index (χ2v) is 7.56. The molecule has 4 N–H and O–H groups in total. The first kappa shape index (κ1) is 21.4. The van der Waals surface area contributed by atoms with Crippen LogP contribution in [0, 0.1) is 0 Å². The van der Waals surface area contributed by atoms with E-state index in [2.05, 4.69) is 5.32 Å². The predicted octanol–water partition coefficient (Wildman–Crippen LogP) is -2.14. The molecule has 1 aromatic carbocycles. The fraction of sp³-hybridized carbons (Fsp3) is 0.556. The number of β-amino-alcohol motifs (C(OH)–C–C–N with tert-alkyl or cyclic N) is 1. The molecule has 2 fully saturated rings. The Morgan fingerprint density at radius 2 is 2.03 bits per heavy atom. The van der Waals surface area contributed by atoms with Crippen molar-refractivity contribution in [1.29, 1.82) is 0 Å². The van der Waals surface area contributed by atoms with Gasteiger partial charge < -0.3 is 44.7 Å². The highest BCUT2D eigenvalue weighted by Crippen LogP contribution is 2.38. The zero-order chi connectivity index (χ0) is 20.1. The molecule has 3 aliphatic rings. The maximum absolute atomic E-state index is 12.3. The number of amides is 1. The maximum atomic E-state index is 12.3. The van der Waals surface area contributed by atoms with Crippen molar-refractivity contribution in [2.24, 2.45) is 0 Å². The van der Waals surface area contributed by atoms with Gasteiger partial charge in [-0.3, -0.25) is 4.79 Å². The Balaban J connectivity index is 0.00000240. The number of nitrogens with one attached hydrogen (secondary N) is 1. The third-order valence-corrected chi connectivity index (χ3v) is 5.36. The number of aliphatic hydroxyl groups excluding tert-OH is 1. The van der Waals surface area contributed by atoms with E-state index >= 15 is 0 Å². The number of likely N-dealkylation sites (tertiary alicyclic amines) is 1. The molecule has 160 valence electrons. The molecule has 2 atom stereocenters. The van der Waals surface area contributed by atoms with E-state index < -0.39 is 31.0 Å². The van der Waals surface area contributed by atoms with Gasteiger partial charge in [0.2, 0.25) is 5.91 Å². The summed E-state index contributed by atoms with van der Waals surface area (Å²) in [7, 11) is 0. The van der Waals surface area contributed by atoms with Crippen LogP contribution in [0.3, 0.4) is 0 Å². The standard InChI is InChI=1S/C17H22BN2O8.CH4/c21-10-5-12(19-6-10)16(22)20-7-11(8-20)27-13-2-1-9-3-4-18(25,26)28-15(9)14(13)17(23)24;/h1-2,10-12,19,21,25-26H,3-8H2,(H,23,24);1H4/q-1;/p-1/t10-,12+;/m1./s1. The molecule has 3 heterocycles. The lowest BCUT2D eigenvalue weighted by Crippen LogP contribution is -2.59. The SMILES string of the molecule is C.O=C([O-])c1c(OC2CN(C(=O)[C@@H]3C[C@@H](O)CN3)C2)ccc2c1O[B-](O)(O)CC2. The molecule has 0 aliphatic carbocycles. The Bertz CT molecular complexity index is 811. The summed E-state index contributed by atoms with van der Waals surface area (Å²) in [6, 6.07) is 2.69. The van der Waals surface area contributed by atoms with Gasteiger partial charge in [-0.25, -0.2) is 0 Å². The smallest absolute Gasteiger partial charge is 0.430 e. The van der Waals surface area contributed by atoms with Gasteiger partial charge in [0.05, 0.1) is 42.5 Å². The van der Waals surface area contributed by atoms with Crippen LogP contribution >= 0.6 is 0 Å². The number of benzene rings is 1. The minimum atomic E-state index is -3.12. The van der Waals surface area contributed by atoms with Crippen LogP contribution in [0.4, 0.5) is 0 Å². The molecule has 0 bridgehead atoms. The van der Waals surface area contributed by atoms with Crippen LogP contribution in [0.15, 0.2) is 12.1 Å². The molecule has 10 nitrogen and oxygen atoms in total. The first-order valence-electron chi connectivity index (χ1n) is 9.27. The molecule has 0 radical (unpaired) electrons. The van der Waals surface area contributed by atoms with Crippen LogP contribution in [0.1, 0.15) is 29.8 Å². The summed E-state index contributed by atoms with van der Waals surface area (Å²) in [5.41, 5.74) is 0.167. The van der Waals surface area contributed by atoms with Crippen molar-refractivity contribution in [2.45, 2.75) is 44.8 Å². The van der Waals surface area contributed by atoms with Crippen LogP contribution < -0.4 is 19.8 Å². The Kier molecular flexibility index (Phi) is 5.77. The van der Waals surface area contributed by atoms with Gasteiger partial charge in [0.1, 0.15) is 11.9 Å². The third-order valence-electron chi connectivity index (χ3n) is 5.36. The van der Waals surface area contributed by atoms with Crippen molar-refractivity contribution in [2.75, 3.05) is 19.6 Å². The molecule has 0 saturated carbocycles. The summed E-state index contributed by atoms with van der Waals surface area (Å²) in [5, 5.41) is 43.6. The number of carbonyl (C=O) groups is 2. The molecular formula is C18H25BN2O8-2. The summed E-state index contributed by atoms with van der Waals surface area (Å²) in [4.78, 5) is 25.5. The number of ether oxygens (including phenoxy) is 1. The molecule has 0 aromatic heterocycles. The number of carboxylic acid groups (broad SMARTS) is 1. The van der Waals surface area contributed by atoms with E-state index in [1.54, 1.807) is 11.0 Å². The molecule has 2 saturated heterocycles. The predicted molar refractivity (Wildman–Crippen MR) is 100 cm³/mol. The molecule has 4 rings (SSSR count). The molecule has 29 heavy (non-hydrogen) atoms. The number of fused-ring (bicyclic) bond motifs is 1. The number of hydrogen-bond acceptors (Lipinski definition) is 9. The van der Waals surface area contributed by atoms with Crippen LogP contribution in [-0.4, -0.2) is 76.6 Å². The van der Waals surface area contributed by atoms with Crippen LogP contribution in [0.2, 0.25) is 6.32 Å². The van der Waals surface area contributed by atoms with Crippen LogP contribution in [0.5, 0.6) is 11.5 Å². The van der Waals surface area contributed by atoms with E-state index in [0.717, 1.165) is 0 Å². The van der Waals surface area contributed by atoms with Crippen molar-refractivity contribution < 1.29 is 39.2 Å². The second-order valence-electron chi connectivity index (χ2n) is 7.56. The van der Waals surface area contributed by atoms with E-state index in [0.29, 0.717) is 18.5 Å². The first-order valence-corrected chi connectivity index (χ1v) is 9.27. The Hall–Kier alpha value is -2.34. The van der Waals surface area contributed by atoms with Crippen molar-refractivity contribution in [1.82, 2.24) is 10.2 Å². The molecule has 1 aromatic rings. The Morgan fingerprint density at radius 3 is 2.66 bits per heavy atom. The molecule has 11 heteroatoms. The Morgan fingerprint density at radius 1 is 1.31 bits per heavy atom. The Labute approximate surface area is 168 Å². The van der Waals surface area contributed by atoms with Crippen LogP contribution in [0.25, 0.3) is 0 Å². The van der Waals surface area contributed by atoms with Gasteiger partial charge in [-0.15, -0.1) is 0 Å². The second kappa shape index (κ2) is 7.83. The van der Waals surface area contributed by atoms with Crippen molar-refractivity contribution in [3.63, 3.8) is 0 Å². The lowest BCUT2D eigenvalue weighted by Gasteiger charge is -2.41. The largest absolute Gasteiger partial charge is 0.669 e. The number of nitrogens with zero attached hydrogens (tertiary/aromatic N) is 1. The van der Waals surface area contributed by atoms with Crippen molar-refractivity contribution >= 4 is 18.6 Å². The summed E-state index contributed by atoms with van der Waals surface area (Å²) in [6.07, 6.45) is -0.342. The van der Waals surface area contributed by atoms with Gasteiger partial charge in [0.25, 0.3) is 0 Å². The van der Waals surface area contributed by atoms with Gasteiger partial charge in [0.15, 0.2) is 0 Å². The summed E-state index contributed by atoms with van der Waals surface area (Å²) in [6.45, 7) is -2.18. The van der Waals surface area contributed by atoms with Gasteiger partial charge in [0, 0.05) is 6.54 Å². The molecule has 3 aliphatic heterocycles. The zero-order valence-corrected chi connectivity index (χ0v) is 15.0. The number of aryl methyl sites for hydroxylation is 1. The van der Waals surface area contributed by atoms with Gasteiger partial charge in [-0.05, 0) is 24.5 Å². The third kappa shape index (κ3) is 4.18. The average molecular weight is 408 g/mol. The zero-order valence-electron chi connectivity index (χ0n) is 15.0. The molecule has 0 spiro atoms. The number of rotatable bonds is 4. The van der Waals surface area contributed by atoms with Crippen LogP contribution in [-0.2, 0) is 11.2 Å². The fourth-order valence-electron chi connectivity index (χ4n) is 3.82. The molecule has 1 amide bonds. The fourth-order valence-corrected chi connectivity index (χ4v) is 3.82. The lowest BCUT2D eigenvalue weighted by atomic mass is 9.70. The maximum Gasteiger partial charge on any atom is 0.430 e. The number of carbonyl (C=O) groups excluding carboxylic acids is 2. The van der Waals surface area contributed by atoms with Gasteiger partial charge in [-0.2, -0.15) is 0 Å². The lowest BCUT2D eigenvalue weighted by molar-refractivity contribution is -0.255. The monoisotopic (exact) mass is 408 g/mol.